The summed E-state index contributed by atoms with van der Waals surface area (Å²) >= 11 is 3.34. The highest BCUT2D eigenvalue weighted by molar-refractivity contribution is 9.10. The van der Waals surface area contributed by atoms with E-state index < -0.39 is 5.97 Å². The van der Waals surface area contributed by atoms with E-state index in [9.17, 15) is 9.59 Å². The molecule has 0 aliphatic carbocycles. The second kappa shape index (κ2) is 7.90. The van der Waals surface area contributed by atoms with Crippen LogP contribution in [-0.4, -0.2) is 18.4 Å². The molecule has 0 saturated heterocycles. The third-order valence-corrected chi connectivity index (χ3v) is 3.84. The van der Waals surface area contributed by atoms with E-state index in [0.29, 0.717) is 5.56 Å². The Bertz CT molecular complexity index is 645. The maximum atomic E-state index is 12.0. The van der Waals surface area contributed by atoms with Crippen LogP contribution in [0.1, 0.15) is 28.4 Å². The van der Waals surface area contributed by atoms with E-state index in [2.05, 4.69) is 22.9 Å². The first kappa shape index (κ1) is 16.4. The van der Waals surface area contributed by atoms with Crippen molar-refractivity contribution in [1.82, 2.24) is 0 Å². The van der Waals surface area contributed by atoms with Crippen molar-refractivity contribution in [2.45, 2.75) is 19.8 Å². The highest BCUT2D eigenvalue weighted by Gasteiger charge is 2.10. The summed E-state index contributed by atoms with van der Waals surface area (Å²) in [6.07, 6.45) is 1.09. The van der Waals surface area contributed by atoms with Gasteiger partial charge in [0.15, 0.2) is 12.4 Å². The number of hydrogen-bond acceptors (Lipinski definition) is 3. The Morgan fingerprint density at radius 2 is 1.55 bits per heavy atom. The van der Waals surface area contributed by atoms with E-state index in [0.717, 1.165) is 16.5 Å². The SMILES string of the molecule is CCc1ccc(C(=O)COC(=O)Cc2ccc(Br)cc2)cc1. The number of aryl methyl sites for hydroxylation is 1. The van der Waals surface area contributed by atoms with Crippen LogP contribution in [-0.2, 0) is 22.4 Å². The van der Waals surface area contributed by atoms with E-state index in [1.165, 1.54) is 5.56 Å². The fourth-order valence-electron chi connectivity index (χ4n) is 1.98. The molecular weight excluding hydrogens is 344 g/mol. The first-order valence-electron chi connectivity index (χ1n) is 7.10. The van der Waals surface area contributed by atoms with Gasteiger partial charge in [0.05, 0.1) is 6.42 Å². The summed E-state index contributed by atoms with van der Waals surface area (Å²) in [6.45, 7) is 1.83. The molecule has 0 bridgehead atoms. The molecule has 0 radical (unpaired) electrons. The molecule has 0 unspecified atom stereocenters. The Morgan fingerprint density at radius 3 is 2.14 bits per heavy atom. The summed E-state index contributed by atoms with van der Waals surface area (Å²) in [5.41, 5.74) is 2.59. The van der Waals surface area contributed by atoms with E-state index in [1.807, 2.05) is 36.4 Å². The van der Waals surface area contributed by atoms with Crippen molar-refractivity contribution in [3.05, 3.63) is 69.7 Å². The second-order valence-corrected chi connectivity index (χ2v) is 5.85. The first-order chi connectivity index (χ1) is 10.6. The van der Waals surface area contributed by atoms with Gasteiger partial charge in [-0.3, -0.25) is 9.59 Å². The number of benzene rings is 2. The predicted octanol–water partition coefficient (Wildman–Crippen LogP) is 3.98. The molecule has 0 fully saturated rings. The highest BCUT2D eigenvalue weighted by Crippen LogP contribution is 2.11. The van der Waals surface area contributed by atoms with Crippen LogP contribution in [0.4, 0.5) is 0 Å². The zero-order valence-electron chi connectivity index (χ0n) is 12.3. The molecule has 0 heterocycles. The van der Waals surface area contributed by atoms with Crippen molar-refractivity contribution in [3.8, 4) is 0 Å². The smallest absolute Gasteiger partial charge is 0.310 e. The monoisotopic (exact) mass is 360 g/mol. The first-order valence-corrected chi connectivity index (χ1v) is 7.90. The molecule has 0 saturated carbocycles. The standard InChI is InChI=1S/C18H17BrO3/c1-2-13-3-7-15(8-4-13)17(20)12-22-18(21)11-14-5-9-16(19)10-6-14/h3-10H,2,11-12H2,1H3. The molecule has 0 aromatic heterocycles. The lowest BCUT2D eigenvalue weighted by molar-refractivity contribution is -0.141. The van der Waals surface area contributed by atoms with Crippen molar-refractivity contribution in [2.75, 3.05) is 6.61 Å². The van der Waals surface area contributed by atoms with Gasteiger partial charge < -0.3 is 4.74 Å². The molecule has 3 nitrogen and oxygen atoms in total. The number of ketones is 1. The minimum atomic E-state index is -0.402. The minimum Gasteiger partial charge on any atom is -0.457 e. The molecule has 2 rings (SSSR count). The number of hydrogen-bond donors (Lipinski definition) is 0. The van der Waals surface area contributed by atoms with E-state index in [1.54, 1.807) is 12.1 Å². The van der Waals surface area contributed by atoms with Crippen LogP contribution in [0.2, 0.25) is 0 Å². The van der Waals surface area contributed by atoms with Crippen LogP contribution >= 0.6 is 15.9 Å². The summed E-state index contributed by atoms with van der Waals surface area (Å²) in [4.78, 5) is 23.7. The number of ether oxygens (including phenoxy) is 1. The maximum Gasteiger partial charge on any atom is 0.310 e. The molecule has 0 atom stereocenters. The minimum absolute atomic E-state index is 0.162. The Morgan fingerprint density at radius 1 is 0.955 bits per heavy atom. The molecule has 0 aliphatic heterocycles. The van der Waals surface area contributed by atoms with Gasteiger partial charge in [-0.2, -0.15) is 0 Å². The number of halogens is 1. The molecule has 2 aromatic carbocycles. The van der Waals surface area contributed by atoms with Crippen LogP contribution in [0.25, 0.3) is 0 Å². The summed E-state index contributed by atoms with van der Waals surface area (Å²) in [6, 6.07) is 14.8. The van der Waals surface area contributed by atoms with E-state index in [-0.39, 0.29) is 18.8 Å². The number of esters is 1. The lowest BCUT2D eigenvalue weighted by Crippen LogP contribution is -2.15. The van der Waals surface area contributed by atoms with Crippen LogP contribution in [0.5, 0.6) is 0 Å². The zero-order valence-corrected chi connectivity index (χ0v) is 13.9. The average molecular weight is 361 g/mol. The maximum absolute atomic E-state index is 12.0. The Hall–Kier alpha value is -1.94. The lowest BCUT2D eigenvalue weighted by atomic mass is 10.1. The van der Waals surface area contributed by atoms with E-state index >= 15 is 0 Å². The summed E-state index contributed by atoms with van der Waals surface area (Å²) in [5.74, 6) is -0.590. The molecule has 0 amide bonds. The second-order valence-electron chi connectivity index (χ2n) is 4.94. The van der Waals surface area contributed by atoms with Gasteiger partial charge in [0.2, 0.25) is 0 Å². The molecule has 2 aromatic rings. The molecular formula is C18H17BrO3. The van der Waals surface area contributed by atoms with Gasteiger partial charge in [-0.1, -0.05) is 59.3 Å². The van der Waals surface area contributed by atoms with Gasteiger partial charge in [-0.05, 0) is 29.7 Å². The third kappa shape index (κ3) is 4.81. The van der Waals surface area contributed by atoms with Gasteiger partial charge in [0.25, 0.3) is 0 Å². The quantitative estimate of drug-likeness (QED) is 0.577. The van der Waals surface area contributed by atoms with Crippen molar-refractivity contribution in [2.24, 2.45) is 0 Å². The van der Waals surface area contributed by atoms with Crippen molar-refractivity contribution >= 4 is 27.7 Å². The number of carbonyl (C=O) groups is 2. The predicted molar refractivity (Wildman–Crippen MR) is 89.0 cm³/mol. The van der Waals surface area contributed by atoms with Crippen molar-refractivity contribution in [1.29, 1.82) is 0 Å². The van der Waals surface area contributed by atoms with Gasteiger partial charge >= 0.3 is 5.97 Å². The number of rotatable bonds is 6. The Balaban J connectivity index is 1.84. The van der Waals surface area contributed by atoms with Gasteiger partial charge in [-0.25, -0.2) is 0 Å². The van der Waals surface area contributed by atoms with Crippen LogP contribution in [0, 0.1) is 0 Å². The average Bonchev–Trinajstić information content (AvgIpc) is 2.55. The largest absolute Gasteiger partial charge is 0.457 e. The fraction of sp³-hybridized carbons (Fsp3) is 0.222. The van der Waals surface area contributed by atoms with Crippen molar-refractivity contribution in [3.63, 3.8) is 0 Å². The summed E-state index contributed by atoms with van der Waals surface area (Å²) in [7, 11) is 0. The normalized spacial score (nSPS) is 10.3. The topological polar surface area (TPSA) is 43.4 Å². The fourth-order valence-corrected chi connectivity index (χ4v) is 2.24. The van der Waals surface area contributed by atoms with Gasteiger partial charge in [-0.15, -0.1) is 0 Å². The lowest BCUT2D eigenvalue weighted by Gasteiger charge is -2.05. The number of Topliss-reactive ketones (excluding diaryl/α,β-unsaturated/α-hetero) is 1. The molecule has 114 valence electrons. The van der Waals surface area contributed by atoms with Crippen molar-refractivity contribution < 1.29 is 14.3 Å². The molecule has 0 N–H and O–H groups in total. The molecule has 22 heavy (non-hydrogen) atoms. The molecule has 0 spiro atoms. The van der Waals surface area contributed by atoms with Crippen LogP contribution in [0.3, 0.4) is 0 Å². The molecule has 0 aliphatic rings. The van der Waals surface area contributed by atoms with Gasteiger partial charge in [0, 0.05) is 10.0 Å². The molecule has 4 heteroatoms. The summed E-state index contributed by atoms with van der Waals surface area (Å²) < 4.78 is 6.00. The Kier molecular flexibility index (Phi) is 5.90. The number of carbonyl (C=O) groups excluding carboxylic acids is 2. The third-order valence-electron chi connectivity index (χ3n) is 3.31. The van der Waals surface area contributed by atoms with Crippen LogP contribution in [0.15, 0.2) is 53.0 Å². The Labute approximate surface area is 138 Å². The summed E-state index contributed by atoms with van der Waals surface area (Å²) in [5, 5.41) is 0. The highest BCUT2D eigenvalue weighted by atomic mass is 79.9. The van der Waals surface area contributed by atoms with Crippen LogP contribution < -0.4 is 0 Å². The zero-order chi connectivity index (χ0) is 15.9. The van der Waals surface area contributed by atoms with E-state index in [4.69, 9.17) is 4.74 Å². The van der Waals surface area contributed by atoms with Gasteiger partial charge in [0.1, 0.15) is 0 Å².